The molecule has 0 heterocycles. The first kappa shape index (κ1) is 55.7. The molecule has 0 saturated heterocycles. The van der Waals surface area contributed by atoms with Crippen molar-refractivity contribution < 1.29 is 78.3 Å². The van der Waals surface area contributed by atoms with E-state index in [4.69, 9.17) is 10.8 Å². The Morgan fingerprint density at radius 2 is 1.04 bits per heavy atom. The normalized spacial score (nSPS) is 14.5. The molecule has 2 aromatic rings. The van der Waals surface area contributed by atoms with Crippen LogP contribution in [0.2, 0.25) is 0 Å². The highest BCUT2D eigenvalue weighted by Crippen LogP contribution is 2.10. The monoisotopic (exact) mass is 942 g/mol. The number of carboxylic acids is 4. The first-order valence-electron chi connectivity index (χ1n) is 21.0. The molecule has 14 N–H and O–H groups in total. The number of aliphatic hydroxyl groups excluding tert-OH is 1. The van der Waals surface area contributed by atoms with E-state index in [-0.39, 0.29) is 19.3 Å². The van der Waals surface area contributed by atoms with Crippen molar-refractivity contribution >= 4 is 65.2 Å². The highest BCUT2D eigenvalue weighted by molar-refractivity contribution is 5.97. The summed E-state index contributed by atoms with van der Waals surface area (Å²) in [5.41, 5.74) is 6.80. The fourth-order valence-corrected chi connectivity index (χ4v) is 6.21. The predicted octanol–water partition coefficient (Wildman–Crippen LogP) is -2.85. The number of amides is 7. The summed E-state index contributed by atoms with van der Waals surface area (Å²) in [6.45, 7) is 3.55. The second kappa shape index (κ2) is 27.8. The third-order valence-electron chi connectivity index (χ3n) is 9.91. The Kier molecular flexibility index (Phi) is 23.1. The summed E-state index contributed by atoms with van der Waals surface area (Å²) in [6, 6.07) is 5.78. The highest BCUT2D eigenvalue weighted by atomic mass is 16.4. The predicted molar refractivity (Wildman–Crippen MR) is 233 cm³/mol. The molecule has 24 heteroatoms. The summed E-state index contributed by atoms with van der Waals surface area (Å²) in [5, 5.41) is 64.7. The third-order valence-corrected chi connectivity index (χ3v) is 9.91. The van der Waals surface area contributed by atoms with Crippen LogP contribution in [0.15, 0.2) is 60.7 Å². The quantitative estimate of drug-likeness (QED) is 0.0390. The van der Waals surface area contributed by atoms with Gasteiger partial charge in [-0.05, 0) is 43.2 Å². The summed E-state index contributed by atoms with van der Waals surface area (Å²) in [6.07, 6.45) is -5.38. The number of aliphatic hydroxyl groups is 1. The van der Waals surface area contributed by atoms with Crippen LogP contribution >= 0.6 is 0 Å². The molecule has 2 aromatic carbocycles. The Hall–Kier alpha value is -7.47. The molecule has 0 saturated carbocycles. The highest BCUT2D eigenvalue weighted by Gasteiger charge is 2.35. The first-order valence-corrected chi connectivity index (χ1v) is 21.0. The molecule has 0 bridgehead atoms. The Morgan fingerprint density at radius 1 is 0.537 bits per heavy atom. The van der Waals surface area contributed by atoms with Gasteiger partial charge in [-0.3, -0.25) is 47.9 Å². The van der Waals surface area contributed by atoms with Crippen molar-refractivity contribution in [3.8, 4) is 0 Å². The van der Waals surface area contributed by atoms with E-state index in [9.17, 15) is 73.2 Å². The number of nitrogens with one attached hydrogen (secondary N) is 7. The lowest BCUT2D eigenvalue weighted by Gasteiger charge is -2.27. The summed E-state index contributed by atoms with van der Waals surface area (Å²) < 4.78 is 0. The summed E-state index contributed by atoms with van der Waals surface area (Å²) in [7, 11) is 0. The Labute approximate surface area is 384 Å². The molecule has 7 amide bonds. The molecule has 8 atom stereocenters. The minimum absolute atomic E-state index is 0.158. The molecule has 0 aliphatic carbocycles. The molecule has 2 rings (SSSR count). The van der Waals surface area contributed by atoms with Gasteiger partial charge in [-0.25, -0.2) is 4.79 Å². The van der Waals surface area contributed by atoms with Crippen molar-refractivity contribution in [3.63, 3.8) is 0 Å². The zero-order valence-electron chi connectivity index (χ0n) is 36.9. The standard InChI is InChI=1S/C43H58N8O16/c1-22(2)35(51-38(61)26(44)14-16-32(53)54)41(64)45-21-31(52)47-28(18-24-10-6-4-7-11-24)36(59)42(65)49-29(20-34(57)58)40(63)46-23(3)37(60)48-27(15-17-33(55)56)39(62)50-30(43(66)67)19-25-12-8-5-9-13-25/h4-13,22-23,26-30,35-36,59H,14-21,44H2,1-3H3,(H,45,64)(H,46,63)(H,47,52)(H,48,60)(H,49,65)(H,50,62)(H,51,61)(H,53,54)(H,55,56)(H,57,58)(H,66,67)/t23-,26-,27-,28-,29-,30-,35-,36+/m0/s1. The minimum Gasteiger partial charge on any atom is -0.481 e. The van der Waals surface area contributed by atoms with Gasteiger partial charge in [0.25, 0.3) is 5.91 Å². The minimum atomic E-state index is -2.18. The fraction of sp³-hybridized carbons (Fsp3) is 0.465. The molecule has 0 spiro atoms. The van der Waals surface area contributed by atoms with Crippen molar-refractivity contribution in [2.75, 3.05) is 6.54 Å². The van der Waals surface area contributed by atoms with E-state index in [1.54, 1.807) is 74.5 Å². The van der Waals surface area contributed by atoms with E-state index >= 15 is 0 Å². The zero-order valence-corrected chi connectivity index (χ0v) is 36.9. The van der Waals surface area contributed by atoms with Crippen LogP contribution in [-0.4, -0.2) is 146 Å². The van der Waals surface area contributed by atoms with Gasteiger partial charge in [-0.15, -0.1) is 0 Å². The van der Waals surface area contributed by atoms with Crippen molar-refractivity contribution in [2.45, 2.75) is 114 Å². The fourth-order valence-electron chi connectivity index (χ4n) is 6.21. The van der Waals surface area contributed by atoms with E-state index in [1.165, 1.54) is 0 Å². The van der Waals surface area contributed by atoms with Gasteiger partial charge < -0.3 is 68.5 Å². The molecule has 67 heavy (non-hydrogen) atoms. The van der Waals surface area contributed by atoms with Crippen LogP contribution in [0.1, 0.15) is 64.0 Å². The van der Waals surface area contributed by atoms with Crippen LogP contribution in [0.4, 0.5) is 0 Å². The number of carboxylic acid groups (broad SMARTS) is 4. The topological polar surface area (TPSA) is 399 Å². The van der Waals surface area contributed by atoms with E-state index in [2.05, 4.69) is 37.2 Å². The largest absolute Gasteiger partial charge is 0.481 e. The van der Waals surface area contributed by atoms with E-state index in [0.717, 1.165) is 6.92 Å². The van der Waals surface area contributed by atoms with Crippen LogP contribution < -0.4 is 43.0 Å². The SMILES string of the molecule is CC(C)[C@H](NC(=O)[C@@H](N)CCC(=O)O)C(=O)NCC(=O)N[C@@H](Cc1ccccc1)[C@@H](O)C(=O)N[C@@H](CC(=O)O)C(=O)N[C@@H](C)C(=O)N[C@@H](CCC(=O)O)C(=O)N[C@@H](Cc1ccccc1)C(=O)O. The lowest BCUT2D eigenvalue weighted by Crippen LogP contribution is -2.59. The molecular weight excluding hydrogens is 885 g/mol. The third kappa shape index (κ3) is 20.5. The number of nitrogens with two attached hydrogens (primary N) is 1. The number of carbonyl (C=O) groups excluding carboxylic acids is 7. The average molecular weight is 943 g/mol. The number of hydrogen-bond acceptors (Lipinski definition) is 13. The van der Waals surface area contributed by atoms with E-state index in [1.807, 2.05) is 0 Å². The van der Waals surface area contributed by atoms with Crippen molar-refractivity contribution in [1.29, 1.82) is 0 Å². The van der Waals surface area contributed by atoms with Crippen LogP contribution in [0, 0.1) is 5.92 Å². The Morgan fingerprint density at radius 3 is 1.57 bits per heavy atom. The van der Waals surface area contributed by atoms with Crippen molar-refractivity contribution in [2.24, 2.45) is 11.7 Å². The lowest BCUT2D eigenvalue weighted by molar-refractivity contribution is -0.143. The number of carbonyl (C=O) groups is 11. The maximum atomic E-state index is 13.5. The average Bonchev–Trinajstić information content (AvgIpc) is 3.26. The van der Waals surface area contributed by atoms with Crippen molar-refractivity contribution in [3.05, 3.63) is 71.8 Å². The number of rotatable bonds is 29. The molecule has 0 aliphatic rings. The molecule has 0 radical (unpaired) electrons. The number of benzene rings is 2. The van der Waals surface area contributed by atoms with E-state index in [0.29, 0.717) is 11.1 Å². The molecule has 366 valence electrons. The lowest BCUT2D eigenvalue weighted by atomic mass is 10.00. The van der Waals surface area contributed by atoms with Crippen LogP contribution in [0.25, 0.3) is 0 Å². The molecule has 24 nitrogen and oxygen atoms in total. The van der Waals surface area contributed by atoms with Crippen molar-refractivity contribution in [1.82, 2.24) is 37.2 Å². The van der Waals surface area contributed by atoms with Gasteiger partial charge in [0, 0.05) is 19.3 Å². The summed E-state index contributed by atoms with van der Waals surface area (Å²) in [5.74, 6) is -13.4. The molecular formula is C43H58N8O16. The van der Waals surface area contributed by atoms with Gasteiger partial charge in [-0.1, -0.05) is 74.5 Å². The maximum absolute atomic E-state index is 13.5. The van der Waals surface area contributed by atoms with Gasteiger partial charge in [0.15, 0.2) is 6.10 Å². The van der Waals surface area contributed by atoms with E-state index < -0.39 is 152 Å². The van der Waals surface area contributed by atoms with Gasteiger partial charge in [0.1, 0.15) is 30.2 Å². The van der Waals surface area contributed by atoms with Crippen LogP contribution in [0.3, 0.4) is 0 Å². The Bertz CT molecular complexity index is 2070. The van der Waals surface area contributed by atoms with Gasteiger partial charge in [-0.2, -0.15) is 0 Å². The zero-order chi connectivity index (χ0) is 50.4. The first-order chi connectivity index (χ1) is 31.5. The summed E-state index contributed by atoms with van der Waals surface area (Å²) in [4.78, 5) is 138. The van der Waals surface area contributed by atoms with Gasteiger partial charge >= 0.3 is 23.9 Å². The van der Waals surface area contributed by atoms with Gasteiger partial charge in [0.05, 0.1) is 25.0 Å². The Balaban J connectivity index is 2.19. The molecule has 0 aromatic heterocycles. The van der Waals surface area contributed by atoms with Gasteiger partial charge in [0.2, 0.25) is 35.4 Å². The number of hydrogen-bond donors (Lipinski definition) is 13. The molecule has 0 fully saturated rings. The smallest absolute Gasteiger partial charge is 0.326 e. The summed E-state index contributed by atoms with van der Waals surface area (Å²) >= 11 is 0. The second-order valence-electron chi connectivity index (χ2n) is 15.8. The molecule has 0 aliphatic heterocycles. The number of aliphatic carboxylic acids is 4. The van der Waals surface area contributed by atoms with Crippen LogP contribution in [-0.2, 0) is 65.6 Å². The second-order valence-corrected chi connectivity index (χ2v) is 15.8. The molecule has 0 unspecified atom stereocenters. The van der Waals surface area contributed by atoms with Crippen LogP contribution in [0.5, 0.6) is 0 Å². The maximum Gasteiger partial charge on any atom is 0.326 e.